The van der Waals surface area contributed by atoms with Crippen LogP contribution in [0.3, 0.4) is 0 Å². The van der Waals surface area contributed by atoms with Gasteiger partial charge in [0.15, 0.2) is 0 Å². The van der Waals surface area contributed by atoms with Crippen molar-refractivity contribution in [3.63, 3.8) is 0 Å². The van der Waals surface area contributed by atoms with E-state index < -0.39 is 10.8 Å². The number of rotatable bonds is 1. The lowest BCUT2D eigenvalue weighted by atomic mass is 9.47. The van der Waals surface area contributed by atoms with Gasteiger partial charge in [-0.2, -0.15) is 0 Å². The standard InChI is InChI=1S/C45H32IN/c46-32-25-27-33(28-26-32)47-42-23-11-9-21-40(42)45(41-22-10-12-24-43(41)47)38-19-7-5-17-36(38)44(37-18-6-8-20-39(37)45)34-15-3-1-13-30(34)29-31-14-2-4-16-35(31)44/h1-7,9-19,21-28H,8,20,29H2. The first-order valence-corrected chi connectivity index (χ1v) is 17.7. The molecular formula is C45H32IN. The van der Waals surface area contributed by atoms with Crippen molar-refractivity contribution >= 4 is 39.7 Å². The van der Waals surface area contributed by atoms with Crippen LogP contribution >= 0.6 is 22.6 Å². The minimum absolute atomic E-state index is 0.392. The highest BCUT2D eigenvalue weighted by molar-refractivity contribution is 14.1. The van der Waals surface area contributed by atoms with Crippen molar-refractivity contribution in [1.82, 2.24) is 0 Å². The minimum Gasteiger partial charge on any atom is -0.310 e. The second kappa shape index (κ2) is 10.2. The fourth-order valence-corrected chi connectivity index (χ4v) is 9.95. The molecule has 2 spiro atoms. The van der Waals surface area contributed by atoms with Crippen LogP contribution in [0.25, 0.3) is 0 Å². The third-order valence-electron chi connectivity index (χ3n) is 11.2. The van der Waals surface area contributed by atoms with E-state index in [1.54, 1.807) is 0 Å². The molecule has 1 nitrogen and oxygen atoms in total. The molecule has 6 aromatic carbocycles. The summed E-state index contributed by atoms with van der Waals surface area (Å²) in [6.45, 7) is 0. The average Bonchev–Trinajstić information content (AvgIpc) is 3.13. The second-order valence-corrected chi connectivity index (χ2v) is 14.5. The van der Waals surface area contributed by atoms with Gasteiger partial charge in [-0.3, -0.25) is 0 Å². The summed E-state index contributed by atoms with van der Waals surface area (Å²) in [7, 11) is 0. The summed E-state index contributed by atoms with van der Waals surface area (Å²) in [4.78, 5) is 2.49. The van der Waals surface area contributed by atoms with Crippen LogP contribution in [-0.2, 0) is 17.3 Å². The Morgan fingerprint density at radius 1 is 0.489 bits per heavy atom. The highest BCUT2D eigenvalue weighted by Gasteiger charge is 2.58. The van der Waals surface area contributed by atoms with Crippen molar-refractivity contribution < 1.29 is 0 Å². The predicted octanol–water partition coefficient (Wildman–Crippen LogP) is 11.3. The Morgan fingerprint density at radius 3 is 1.57 bits per heavy atom. The van der Waals surface area contributed by atoms with Gasteiger partial charge in [0, 0.05) is 9.26 Å². The Balaban J connectivity index is 1.39. The Labute approximate surface area is 290 Å². The summed E-state index contributed by atoms with van der Waals surface area (Å²) < 4.78 is 1.24. The van der Waals surface area contributed by atoms with Crippen molar-refractivity contribution in [2.75, 3.05) is 4.90 Å². The smallest absolute Gasteiger partial charge is 0.0711 e. The first kappa shape index (κ1) is 27.4. The van der Waals surface area contributed by atoms with Crippen LogP contribution in [0.1, 0.15) is 57.3 Å². The molecule has 0 N–H and O–H groups in total. The molecule has 4 aliphatic rings. The van der Waals surface area contributed by atoms with Gasteiger partial charge in [-0.1, -0.05) is 121 Å². The molecule has 0 unspecified atom stereocenters. The van der Waals surface area contributed by atoms with Crippen molar-refractivity contribution in [2.45, 2.75) is 30.1 Å². The lowest BCUT2D eigenvalue weighted by Gasteiger charge is -2.56. The molecule has 0 aromatic heterocycles. The highest BCUT2D eigenvalue weighted by Crippen LogP contribution is 2.67. The number of nitrogens with zero attached hydrogens (tertiary/aromatic N) is 1. The number of hydrogen-bond donors (Lipinski definition) is 0. The van der Waals surface area contributed by atoms with E-state index >= 15 is 0 Å². The number of benzene rings is 6. The second-order valence-electron chi connectivity index (χ2n) is 13.2. The predicted molar refractivity (Wildman–Crippen MR) is 201 cm³/mol. The summed E-state index contributed by atoms with van der Waals surface area (Å²) in [5, 5.41) is 0. The van der Waals surface area contributed by atoms with E-state index in [0.717, 1.165) is 19.3 Å². The van der Waals surface area contributed by atoms with Gasteiger partial charge in [-0.05, 0) is 134 Å². The third kappa shape index (κ3) is 3.49. The third-order valence-corrected chi connectivity index (χ3v) is 11.9. The van der Waals surface area contributed by atoms with Crippen molar-refractivity contribution in [2.24, 2.45) is 0 Å². The molecule has 0 amide bonds. The molecule has 6 aromatic rings. The fraction of sp³-hybridized carbons (Fsp3) is 0.111. The number of fused-ring (bicyclic) bond motifs is 13. The normalized spacial score (nSPS) is 17.3. The van der Waals surface area contributed by atoms with E-state index in [-0.39, 0.29) is 0 Å². The van der Waals surface area contributed by atoms with Gasteiger partial charge in [0.05, 0.1) is 22.2 Å². The summed E-state index contributed by atoms with van der Waals surface area (Å²) in [5.74, 6) is 0. The first-order chi connectivity index (χ1) is 23.2. The molecule has 0 saturated carbocycles. The molecule has 0 atom stereocenters. The molecule has 10 rings (SSSR count). The number of halogens is 1. The Bertz CT molecular complexity index is 2210. The van der Waals surface area contributed by atoms with Gasteiger partial charge in [0.2, 0.25) is 0 Å². The van der Waals surface area contributed by atoms with Crippen LogP contribution in [0.2, 0.25) is 0 Å². The molecule has 1 heterocycles. The topological polar surface area (TPSA) is 3.24 Å². The van der Waals surface area contributed by atoms with Crippen LogP contribution in [0.15, 0.2) is 169 Å². The van der Waals surface area contributed by atoms with E-state index in [4.69, 9.17) is 0 Å². The maximum absolute atomic E-state index is 2.51. The first-order valence-electron chi connectivity index (χ1n) is 16.7. The van der Waals surface area contributed by atoms with Gasteiger partial charge >= 0.3 is 0 Å². The van der Waals surface area contributed by atoms with E-state index in [9.17, 15) is 0 Å². The highest BCUT2D eigenvalue weighted by atomic mass is 127. The number of hydrogen-bond acceptors (Lipinski definition) is 1. The summed E-state index contributed by atoms with van der Waals surface area (Å²) in [6.07, 6.45) is 7.95. The van der Waals surface area contributed by atoms with E-state index in [1.807, 2.05) is 0 Å². The molecule has 47 heavy (non-hydrogen) atoms. The largest absolute Gasteiger partial charge is 0.310 e. The van der Waals surface area contributed by atoms with E-state index in [1.165, 1.54) is 76.3 Å². The molecule has 3 aliphatic carbocycles. The lowest BCUT2D eigenvalue weighted by molar-refractivity contribution is 0.563. The zero-order chi connectivity index (χ0) is 31.2. The lowest BCUT2D eigenvalue weighted by Crippen LogP contribution is -2.49. The van der Waals surface area contributed by atoms with Crippen molar-refractivity contribution in [3.05, 3.63) is 217 Å². The van der Waals surface area contributed by atoms with Gasteiger partial charge < -0.3 is 4.90 Å². The molecule has 0 radical (unpaired) electrons. The van der Waals surface area contributed by atoms with Gasteiger partial charge in [-0.25, -0.2) is 0 Å². The van der Waals surface area contributed by atoms with E-state index in [0.29, 0.717) is 0 Å². The van der Waals surface area contributed by atoms with Crippen LogP contribution < -0.4 is 4.90 Å². The average molecular weight is 714 g/mol. The zero-order valence-corrected chi connectivity index (χ0v) is 28.1. The maximum Gasteiger partial charge on any atom is 0.0711 e. The van der Waals surface area contributed by atoms with Gasteiger partial charge in [0.1, 0.15) is 0 Å². The maximum atomic E-state index is 2.51. The summed E-state index contributed by atoms with van der Waals surface area (Å²) in [6, 6.07) is 55.3. The fourth-order valence-electron chi connectivity index (χ4n) is 9.59. The van der Waals surface area contributed by atoms with Crippen LogP contribution in [0, 0.1) is 3.57 Å². The molecule has 0 fully saturated rings. The number of para-hydroxylation sites is 2. The van der Waals surface area contributed by atoms with Crippen LogP contribution in [-0.4, -0.2) is 0 Å². The summed E-state index contributed by atoms with van der Waals surface area (Å²) in [5.41, 5.74) is 17.1. The molecular weight excluding hydrogens is 681 g/mol. The Kier molecular flexibility index (Phi) is 5.93. The van der Waals surface area contributed by atoms with Gasteiger partial charge in [0.25, 0.3) is 0 Å². The number of anilines is 3. The molecule has 0 bridgehead atoms. The minimum atomic E-state index is -0.434. The van der Waals surface area contributed by atoms with Crippen molar-refractivity contribution in [3.8, 4) is 0 Å². The SMILES string of the molecule is Ic1ccc(N2c3ccccc3C3(C4=C(C=CCC4)C4(c5ccccc5Cc5ccccc54)c4ccccc43)c3ccccc32)cc1. The molecule has 224 valence electrons. The number of allylic oxidation sites excluding steroid dienone is 4. The van der Waals surface area contributed by atoms with E-state index in [2.05, 4.69) is 185 Å². The Morgan fingerprint density at radius 2 is 0.979 bits per heavy atom. The molecule has 2 heteroatoms. The van der Waals surface area contributed by atoms with Crippen LogP contribution in [0.4, 0.5) is 17.1 Å². The van der Waals surface area contributed by atoms with Crippen LogP contribution in [0.5, 0.6) is 0 Å². The Hall–Kier alpha value is -4.67. The monoisotopic (exact) mass is 713 g/mol. The van der Waals surface area contributed by atoms with Gasteiger partial charge in [-0.15, -0.1) is 0 Å². The van der Waals surface area contributed by atoms with Crippen molar-refractivity contribution in [1.29, 1.82) is 0 Å². The summed E-state index contributed by atoms with van der Waals surface area (Å²) >= 11 is 2.41. The molecule has 0 saturated heterocycles. The zero-order valence-electron chi connectivity index (χ0n) is 26.0. The quantitative estimate of drug-likeness (QED) is 0.153. The molecule has 1 aliphatic heterocycles.